The van der Waals surface area contributed by atoms with Crippen molar-refractivity contribution in [1.82, 2.24) is 0 Å². The van der Waals surface area contributed by atoms with E-state index in [-0.39, 0.29) is 45.8 Å². The molecule has 7 N–H and O–H groups in total. The second kappa shape index (κ2) is 9.55. The molecule has 1 heterocycles. The van der Waals surface area contributed by atoms with Gasteiger partial charge in [-0.15, -0.1) is 0 Å². The van der Waals surface area contributed by atoms with Crippen molar-refractivity contribution in [2.45, 2.75) is 18.9 Å². The molecule has 0 aliphatic carbocycles. The highest BCUT2D eigenvalue weighted by Crippen LogP contribution is 2.30. The van der Waals surface area contributed by atoms with E-state index in [0.717, 1.165) is 11.6 Å². The summed E-state index contributed by atoms with van der Waals surface area (Å²) in [5, 5.41) is 46.2. The smallest absolute Gasteiger partial charge is 0.323 e. The fourth-order valence-corrected chi connectivity index (χ4v) is 3.18. The molecule has 1 unspecified atom stereocenters. The lowest BCUT2D eigenvalue weighted by Gasteiger charge is -2.19. The lowest BCUT2D eigenvalue weighted by molar-refractivity contribution is -0.142. The van der Waals surface area contributed by atoms with Gasteiger partial charge in [-0.1, -0.05) is 36.4 Å². The van der Waals surface area contributed by atoms with Gasteiger partial charge in [0.15, 0.2) is 16.9 Å². The van der Waals surface area contributed by atoms with E-state index in [4.69, 9.17) is 20.4 Å². The van der Waals surface area contributed by atoms with Gasteiger partial charge in [0.2, 0.25) is 0 Å². The number of aromatic hydroxyl groups is 4. The van der Waals surface area contributed by atoms with Gasteiger partial charge in [0.05, 0.1) is 0 Å². The Morgan fingerprint density at radius 1 is 0.912 bits per heavy atom. The number of nitrogens with two attached hydrogens (primary N) is 1. The summed E-state index contributed by atoms with van der Waals surface area (Å²) in [6.45, 7) is 1.39. The maximum Gasteiger partial charge on any atom is 0.323 e. The lowest BCUT2D eigenvalue weighted by atomic mass is 9.94. The number of carbonyl (C=O) groups is 1. The van der Waals surface area contributed by atoms with Gasteiger partial charge in [0, 0.05) is 30.2 Å². The molecular weight excluding hydrogens is 442 g/mol. The molecule has 1 atom stereocenters. The van der Waals surface area contributed by atoms with Crippen LogP contribution in [0.5, 0.6) is 23.0 Å². The Labute approximate surface area is 193 Å². The minimum atomic E-state index is -1.39. The average Bonchev–Trinajstić information content (AvgIpc) is 2.76. The first kappa shape index (κ1) is 24.1. The summed E-state index contributed by atoms with van der Waals surface area (Å²) in [7, 11) is 0. The molecular formula is C25H23NO8. The Balaban J connectivity index is 0.000000197. The molecule has 0 spiro atoms. The first-order valence-electron chi connectivity index (χ1n) is 10.1. The molecule has 176 valence electrons. The van der Waals surface area contributed by atoms with Crippen LogP contribution >= 0.6 is 0 Å². The molecule has 34 heavy (non-hydrogen) atoms. The molecule has 0 amide bonds. The van der Waals surface area contributed by atoms with Gasteiger partial charge < -0.3 is 35.7 Å². The van der Waals surface area contributed by atoms with E-state index < -0.39 is 11.5 Å². The van der Waals surface area contributed by atoms with Crippen molar-refractivity contribution in [1.29, 1.82) is 0 Å². The third kappa shape index (κ3) is 5.45. The zero-order chi connectivity index (χ0) is 25.0. The highest BCUT2D eigenvalue weighted by atomic mass is 16.4. The number of carboxylic acid groups (broad SMARTS) is 1. The molecule has 0 fully saturated rings. The van der Waals surface area contributed by atoms with Crippen LogP contribution in [0.25, 0.3) is 22.3 Å². The first-order valence-corrected chi connectivity index (χ1v) is 10.1. The molecule has 0 radical (unpaired) electrons. The second-order valence-corrected chi connectivity index (χ2v) is 7.90. The largest absolute Gasteiger partial charge is 0.508 e. The van der Waals surface area contributed by atoms with Crippen molar-refractivity contribution in [3.05, 3.63) is 82.5 Å². The van der Waals surface area contributed by atoms with Gasteiger partial charge in [-0.3, -0.25) is 9.59 Å². The van der Waals surface area contributed by atoms with Crippen LogP contribution in [0, 0.1) is 0 Å². The molecule has 0 aliphatic heterocycles. The highest BCUT2D eigenvalue weighted by molar-refractivity contribution is 5.86. The van der Waals surface area contributed by atoms with E-state index in [0.29, 0.717) is 11.3 Å². The SMILES string of the molecule is CC(N)(Cc1ccc(O)c(O)c1)C(=O)O.O=c1cc(-c2ccccc2)oc2cc(O)cc(O)c12. The maximum absolute atomic E-state index is 12.0. The summed E-state index contributed by atoms with van der Waals surface area (Å²) in [6, 6.07) is 17.0. The molecule has 4 rings (SSSR count). The molecule has 0 saturated carbocycles. The Hall–Kier alpha value is -4.50. The van der Waals surface area contributed by atoms with E-state index in [1.807, 2.05) is 30.3 Å². The molecule has 0 bridgehead atoms. The van der Waals surface area contributed by atoms with Crippen LogP contribution in [0.15, 0.2) is 75.9 Å². The van der Waals surface area contributed by atoms with E-state index >= 15 is 0 Å². The van der Waals surface area contributed by atoms with Gasteiger partial charge >= 0.3 is 5.97 Å². The minimum Gasteiger partial charge on any atom is -0.508 e. The van der Waals surface area contributed by atoms with Gasteiger partial charge in [-0.05, 0) is 24.6 Å². The van der Waals surface area contributed by atoms with Crippen LogP contribution in [0.2, 0.25) is 0 Å². The number of carboxylic acids is 1. The predicted octanol–water partition coefficient (Wildman–Crippen LogP) is 3.31. The summed E-state index contributed by atoms with van der Waals surface area (Å²) in [6.07, 6.45) is 0.0795. The van der Waals surface area contributed by atoms with Crippen LogP contribution in [0.4, 0.5) is 0 Å². The lowest BCUT2D eigenvalue weighted by Crippen LogP contribution is -2.46. The Kier molecular flexibility index (Phi) is 6.78. The standard InChI is InChI=1S/C15H10O4.C10H13NO4/c16-10-6-11(17)15-12(18)8-13(19-14(15)7-10)9-4-2-1-3-5-9;1-10(11,9(14)15)5-6-2-3-7(12)8(13)4-6/h1-8,16-17H;2-4,12-13H,5,11H2,1H3,(H,14,15). The van der Waals surface area contributed by atoms with E-state index in [1.54, 1.807) is 0 Å². The van der Waals surface area contributed by atoms with Crippen LogP contribution in [0.3, 0.4) is 0 Å². The Morgan fingerprint density at radius 2 is 1.59 bits per heavy atom. The molecule has 9 nitrogen and oxygen atoms in total. The van der Waals surface area contributed by atoms with Crippen LogP contribution in [0.1, 0.15) is 12.5 Å². The quantitative estimate of drug-likeness (QED) is 0.247. The molecule has 0 aliphatic rings. The van der Waals surface area contributed by atoms with Crippen molar-refractivity contribution in [3.63, 3.8) is 0 Å². The third-order valence-electron chi connectivity index (χ3n) is 4.95. The summed E-state index contributed by atoms with van der Waals surface area (Å²) >= 11 is 0. The van der Waals surface area contributed by atoms with Crippen molar-refractivity contribution in [3.8, 4) is 34.3 Å². The Bertz CT molecular complexity index is 1390. The number of phenolic OH excluding ortho intramolecular Hbond substituents is 4. The summed E-state index contributed by atoms with van der Waals surface area (Å²) in [5.74, 6) is -1.69. The van der Waals surface area contributed by atoms with E-state index in [9.17, 15) is 24.9 Å². The second-order valence-electron chi connectivity index (χ2n) is 7.90. The summed E-state index contributed by atoms with van der Waals surface area (Å²) < 4.78 is 5.57. The van der Waals surface area contributed by atoms with Crippen LogP contribution < -0.4 is 11.2 Å². The van der Waals surface area contributed by atoms with Crippen molar-refractivity contribution < 1.29 is 34.7 Å². The van der Waals surface area contributed by atoms with Gasteiger partial charge in [0.1, 0.15) is 33.8 Å². The fourth-order valence-electron chi connectivity index (χ4n) is 3.18. The van der Waals surface area contributed by atoms with E-state index in [1.165, 1.54) is 37.3 Å². The number of phenols is 4. The van der Waals surface area contributed by atoms with Gasteiger partial charge in [-0.2, -0.15) is 0 Å². The summed E-state index contributed by atoms with van der Waals surface area (Å²) in [4.78, 5) is 22.7. The minimum absolute atomic E-state index is 0.0671. The summed E-state index contributed by atoms with van der Waals surface area (Å²) in [5.41, 5.74) is 5.26. The van der Waals surface area contributed by atoms with E-state index in [2.05, 4.69) is 0 Å². The van der Waals surface area contributed by atoms with Crippen LogP contribution in [-0.4, -0.2) is 37.0 Å². The normalized spacial score (nSPS) is 12.4. The topological polar surface area (TPSA) is 174 Å². The zero-order valence-corrected chi connectivity index (χ0v) is 18.1. The first-order chi connectivity index (χ1) is 16.0. The van der Waals surface area contributed by atoms with Crippen LogP contribution in [-0.2, 0) is 11.2 Å². The number of benzene rings is 3. The van der Waals surface area contributed by atoms with Gasteiger partial charge in [-0.25, -0.2) is 0 Å². The third-order valence-corrected chi connectivity index (χ3v) is 4.95. The Morgan fingerprint density at radius 3 is 2.21 bits per heavy atom. The monoisotopic (exact) mass is 465 g/mol. The van der Waals surface area contributed by atoms with Crippen molar-refractivity contribution in [2.24, 2.45) is 5.73 Å². The average molecular weight is 465 g/mol. The molecule has 0 saturated heterocycles. The van der Waals surface area contributed by atoms with Crippen molar-refractivity contribution >= 4 is 16.9 Å². The molecule has 4 aromatic rings. The highest BCUT2D eigenvalue weighted by Gasteiger charge is 2.28. The maximum atomic E-state index is 12.0. The number of hydrogen-bond donors (Lipinski definition) is 6. The van der Waals surface area contributed by atoms with Crippen molar-refractivity contribution in [2.75, 3.05) is 0 Å². The molecule has 3 aromatic carbocycles. The molecule has 1 aromatic heterocycles. The number of fused-ring (bicyclic) bond motifs is 1. The fraction of sp³-hybridized carbons (Fsp3) is 0.120. The van der Waals surface area contributed by atoms with Gasteiger partial charge in [0.25, 0.3) is 0 Å². The molecule has 9 heteroatoms. The number of rotatable bonds is 4. The number of hydrogen-bond acceptors (Lipinski definition) is 8. The zero-order valence-electron chi connectivity index (χ0n) is 18.1. The predicted molar refractivity (Wildman–Crippen MR) is 125 cm³/mol. The number of aliphatic carboxylic acids is 1.